The van der Waals surface area contributed by atoms with E-state index < -0.39 is 136 Å². The van der Waals surface area contributed by atoms with Crippen molar-refractivity contribution in [3.63, 3.8) is 0 Å². The van der Waals surface area contributed by atoms with Crippen LogP contribution in [0.15, 0.2) is 0 Å². The largest absolute Gasteiger partial charge is 0.477 e. The number of aliphatic hydroxyl groups excluding tert-OH is 9. The average molecular weight is 919 g/mol. The van der Waals surface area contributed by atoms with Crippen LogP contribution in [-0.2, 0) is 38.0 Å². The summed E-state index contributed by atoms with van der Waals surface area (Å²) in [5.41, 5.74) is 0. The minimum absolute atomic E-state index is 0. The second kappa shape index (κ2) is 19.1. The number of aliphatic carboxylic acids is 1. The molecule has 1 radical (unpaired) electrons. The molecule has 11 N–H and O–H groups in total. The monoisotopic (exact) mass is 918 g/mol. The molecule has 3 aliphatic rings. The maximum atomic E-state index is 12.6. The molecule has 0 aromatic carbocycles. The predicted molar refractivity (Wildman–Crippen MR) is 151 cm³/mol. The molecule has 3 aliphatic heterocycles. The van der Waals surface area contributed by atoms with Crippen LogP contribution in [0.1, 0.15) is 20.3 Å². The van der Waals surface area contributed by atoms with Gasteiger partial charge < -0.3 is 84.8 Å². The number of amides is 1. The van der Waals surface area contributed by atoms with Crippen LogP contribution in [-0.4, -0.2) is 187 Å². The number of ether oxygens (including phenoxy) is 6. The van der Waals surface area contributed by atoms with Gasteiger partial charge in [-0.3, -0.25) is 4.79 Å². The summed E-state index contributed by atoms with van der Waals surface area (Å²) in [5, 5.41) is 106. The number of nitrogens with one attached hydrogen (secondary N) is 1. The molecule has 3 heterocycles. The Morgan fingerprint density at radius 3 is 2.13 bits per heavy atom. The smallest absolute Gasteiger partial charge is 0.364 e. The number of hydrogen-bond donors (Lipinski definition) is 12. The van der Waals surface area contributed by atoms with Gasteiger partial charge in [-0.15, -0.1) is 0 Å². The van der Waals surface area contributed by atoms with Crippen LogP contribution in [0.25, 0.3) is 0 Å². The number of hydrogen-bond acceptors (Lipinski definition) is 18. The number of carboxylic acid groups (broad SMARTS) is 1. The number of aliphatic hydroxyl groups is 9. The second-order valence-corrected chi connectivity index (χ2v) is 11.9. The van der Waals surface area contributed by atoms with Crippen molar-refractivity contribution in [1.29, 1.82) is 0 Å². The normalized spacial score (nSPS) is 42.2. The third-order valence-corrected chi connectivity index (χ3v) is 8.39. The van der Waals surface area contributed by atoms with E-state index in [0.29, 0.717) is 0 Å². The van der Waals surface area contributed by atoms with Gasteiger partial charge in [0.15, 0.2) is 12.6 Å². The second-order valence-electron chi connectivity index (χ2n) is 11.4. The van der Waals surface area contributed by atoms with E-state index in [-0.39, 0.29) is 56.4 Å². The Kier molecular flexibility index (Phi) is 17.6. The molecule has 3 rings (SSSR count). The Balaban J connectivity index is 0.00000768. The van der Waals surface area contributed by atoms with Gasteiger partial charge in [-0.2, -0.15) is 12.6 Å². The van der Waals surface area contributed by atoms with E-state index in [0.717, 1.165) is 6.92 Å². The fourth-order valence-electron chi connectivity index (χ4n) is 5.64. The summed E-state index contributed by atoms with van der Waals surface area (Å²) in [4.78, 5) is 24.4. The molecule has 47 heavy (non-hydrogen) atoms. The third kappa shape index (κ3) is 9.93. The number of thiol groups is 1. The van der Waals surface area contributed by atoms with E-state index in [4.69, 9.17) is 28.4 Å². The van der Waals surface area contributed by atoms with E-state index in [2.05, 4.69) is 17.9 Å². The SMILES string of the molecule is CC(=O)NC1C(OCCS)OC(CO)C(OC2OC(CO)C(O)C(OC3(C(=O)O)CC(O)C(C)C(C(O)C(O)CO)O3)C2O)C1O.[Ac]. The van der Waals surface area contributed by atoms with Gasteiger partial charge in [0.2, 0.25) is 5.91 Å². The van der Waals surface area contributed by atoms with Crippen molar-refractivity contribution in [1.82, 2.24) is 5.32 Å². The molecule has 0 aromatic heterocycles. The first-order chi connectivity index (χ1) is 21.7. The molecule has 271 valence electrons. The standard InChI is InChI=1S/C26H45NO18S.Ac/c1-9-11(32)5-26(25(38)39,44-20(9)16(34)12(33)6-28)45-22-17(35)13(7-29)41-24(19(22)37)43-21-14(8-30)42-23(40-3-4-46)15(18(21)36)27-10(2)31;/h9,11-24,28-30,32-37,46H,3-8H2,1-2H3,(H,27,31)(H,38,39);. The van der Waals surface area contributed by atoms with E-state index in [1.54, 1.807) is 0 Å². The molecule has 0 aliphatic carbocycles. The third-order valence-electron chi connectivity index (χ3n) is 8.21. The predicted octanol–water partition coefficient (Wildman–Crippen LogP) is -5.99. The molecule has 3 fully saturated rings. The minimum Gasteiger partial charge on any atom is -0.477 e. The molecule has 16 unspecified atom stereocenters. The van der Waals surface area contributed by atoms with E-state index >= 15 is 0 Å². The van der Waals surface area contributed by atoms with Crippen molar-refractivity contribution in [3.05, 3.63) is 0 Å². The van der Waals surface area contributed by atoms with Crippen LogP contribution in [0.2, 0.25) is 0 Å². The van der Waals surface area contributed by atoms with Gasteiger partial charge in [0.05, 0.1) is 38.6 Å². The van der Waals surface area contributed by atoms with Crippen molar-refractivity contribution < 1.29 is 133 Å². The zero-order valence-electron chi connectivity index (χ0n) is 25.7. The molecular weight excluding hydrogens is 873 g/mol. The van der Waals surface area contributed by atoms with Crippen molar-refractivity contribution >= 4 is 24.5 Å². The fourth-order valence-corrected chi connectivity index (χ4v) is 5.75. The van der Waals surface area contributed by atoms with Gasteiger partial charge in [-0.1, -0.05) is 6.92 Å². The van der Waals surface area contributed by atoms with Gasteiger partial charge in [0, 0.05) is 69.1 Å². The van der Waals surface area contributed by atoms with Gasteiger partial charge in [-0.05, 0) is 0 Å². The first-order valence-electron chi connectivity index (χ1n) is 14.6. The Labute approximate surface area is 311 Å². The van der Waals surface area contributed by atoms with Crippen LogP contribution in [0.4, 0.5) is 0 Å². The number of carboxylic acids is 1. The maximum absolute atomic E-state index is 12.6. The summed E-state index contributed by atoms with van der Waals surface area (Å²) < 4.78 is 33.7. The number of carbonyl (C=O) groups excluding carboxylic acids is 1. The van der Waals surface area contributed by atoms with Crippen LogP contribution >= 0.6 is 12.6 Å². The zero-order chi connectivity index (χ0) is 34.5. The van der Waals surface area contributed by atoms with Crippen molar-refractivity contribution in [2.24, 2.45) is 5.92 Å². The zero-order valence-corrected chi connectivity index (χ0v) is 31.3. The molecule has 3 saturated heterocycles. The molecule has 21 heteroatoms. The van der Waals surface area contributed by atoms with Crippen LogP contribution in [0, 0.1) is 50.0 Å². The summed E-state index contributed by atoms with van der Waals surface area (Å²) in [5.74, 6) is -6.05. The first kappa shape index (κ1) is 43.3. The van der Waals surface area contributed by atoms with E-state index in [1.165, 1.54) is 6.92 Å². The Hall–Kier alpha value is 0.132. The summed E-state index contributed by atoms with van der Waals surface area (Å²) in [6.45, 7) is -0.0289. The molecule has 1 amide bonds. The number of rotatable bonds is 14. The van der Waals surface area contributed by atoms with Crippen molar-refractivity contribution in [2.45, 2.75) is 112 Å². The quantitative estimate of drug-likeness (QED) is 0.0722. The summed E-state index contributed by atoms with van der Waals surface area (Å²) in [6.07, 6.45) is -23.0. The summed E-state index contributed by atoms with van der Waals surface area (Å²) in [6, 6.07) is -1.26. The van der Waals surface area contributed by atoms with Crippen LogP contribution < -0.4 is 5.32 Å². The van der Waals surface area contributed by atoms with Gasteiger partial charge in [-0.25, -0.2) is 4.79 Å². The Morgan fingerprint density at radius 1 is 0.979 bits per heavy atom. The maximum Gasteiger partial charge on any atom is 0.364 e. The topological polar surface area (TPSA) is 304 Å². The number of carbonyl (C=O) groups is 2. The van der Waals surface area contributed by atoms with E-state index in [9.17, 15) is 60.7 Å². The van der Waals surface area contributed by atoms with E-state index in [1.807, 2.05) is 0 Å². The van der Waals surface area contributed by atoms with Crippen LogP contribution in [0.5, 0.6) is 0 Å². The average Bonchev–Trinajstić information content (AvgIpc) is 3.02. The molecule has 0 bridgehead atoms. The molecule has 19 nitrogen and oxygen atoms in total. The summed E-state index contributed by atoms with van der Waals surface area (Å²) in [7, 11) is 0. The molecule has 0 aromatic rings. The molecule has 0 spiro atoms. The van der Waals surface area contributed by atoms with Gasteiger partial charge in [0.25, 0.3) is 5.79 Å². The van der Waals surface area contributed by atoms with Gasteiger partial charge in [0.1, 0.15) is 61.0 Å². The van der Waals surface area contributed by atoms with Gasteiger partial charge >= 0.3 is 5.97 Å². The molecule has 16 atom stereocenters. The van der Waals surface area contributed by atoms with Crippen LogP contribution in [0.3, 0.4) is 0 Å². The Morgan fingerprint density at radius 2 is 1.60 bits per heavy atom. The van der Waals surface area contributed by atoms with Crippen molar-refractivity contribution in [2.75, 3.05) is 32.2 Å². The first-order valence-corrected chi connectivity index (χ1v) is 15.2. The fraction of sp³-hybridized carbons (Fsp3) is 0.923. The molecular formula is C26H45AcNO18S. The Bertz CT molecular complexity index is 1010. The van der Waals surface area contributed by atoms with Crippen molar-refractivity contribution in [3.8, 4) is 0 Å². The minimum atomic E-state index is -2.86. The molecule has 0 saturated carbocycles. The summed E-state index contributed by atoms with van der Waals surface area (Å²) >= 11 is 4.04.